The number of pyridine rings is 1. The smallest absolute Gasteiger partial charge is 0.232 e. The largest absolute Gasteiger partial charge is 0.341 e. The fraction of sp³-hybridized carbons (Fsp3) is 0.467. The van der Waals surface area contributed by atoms with Gasteiger partial charge in [-0.2, -0.15) is 0 Å². The Morgan fingerprint density at radius 3 is 2.74 bits per heavy atom. The summed E-state index contributed by atoms with van der Waals surface area (Å²) < 4.78 is 2.02. The first-order valence-electron chi connectivity index (χ1n) is 6.99. The van der Waals surface area contributed by atoms with E-state index >= 15 is 0 Å². The van der Waals surface area contributed by atoms with Crippen molar-refractivity contribution in [2.24, 2.45) is 5.73 Å². The average Bonchev–Trinajstić information content (AvgIpc) is 2.87. The van der Waals surface area contributed by atoms with Crippen LogP contribution >= 0.6 is 36.6 Å². The van der Waals surface area contributed by atoms with Gasteiger partial charge in [-0.3, -0.25) is 4.79 Å². The molecule has 130 valence electrons. The van der Waals surface area contributed by atoms with Crippen molar-refractivity contribution < 1.29 is 4.79 Å². The number of aryl methyl sites for hydroxylation is 1. The predicted octanol–water partition coefficient (Wildman–Crippen LogP) is 2.53. The summed E-state index contributed by atoms with van der Waals surface area (Å²) in [4.78, 5) is 18.2. The van der Waals surface area contributed by atoms with Crippen LogP contribution in [0.1, 0.15) is 18.2 Å². The van der Waals surface area contributed by atoms with Crippen LogP contribution in [0.5, 0.6) is 0 Å². The topological polar surface area (TPSA) is 63.6 Å². The molecule has 0 aliphatic heterocycles. The zero-order chi connectivity index (χ0) is 15.4. The molecule has 0 fully saturated rings. The van der Waals surface area contributed by atoms with Gasteiger partial charge in [-0.25, -0.2) is 4.98 Å². The minimum atomic E-state index is 0. The second-order valence-electron chi connectivity index (χ2n) is 5.29. The van der Waals surface area contributed by atoms with E-state index in [1.807, 2.05) is 29.7 Å². The SMILES string of the molecule is Cc1ccc2nc(CSCC(=O)N(C)C(C)CN)cn2c1.Cl.Cl. The number of likely N-dealkylation sites (N-methyl/N-ethyl adjacent to an activating group) is 1. The lowest BCUT2D eigenvalue weighted by Crippen LogP contribution is -2.40. The second-order valence-corrected chi connectivity index (χ2v) is 6.27. The van der Waals surface area contributed by atoms with Gasteiger partial charge >= 0.3 is 0 Å². The number of imidazole rings is 1. The third kappa shape index (κ3) is 5.88. The maximum absolute atomic E-state index is 12.0. The molecule has 2 rings (SSSR count). The number of carbonyl (C=O) groups is 1. The van der Waals surface area contributed by atoms with Crippen LogP contribution in [0.2, 0.25) is 0 Å². The van der Waals surface area contributed by atoms with Crippen molar-refractivity contribution in [2.45, 2.75) is 25.6 Å². The summed E-state index contributed by atoms with van der Waals surface area (Å²) in [6.07, 6.45) is 4.07. The molecule has 2 aromatic rings. The number of rotatable bonds is 6. The molecule has 0 saturated heterocycles. The highest BCUT2D eigenvalue weighted by molar-refractivity contribution is 7.99. The third-order valence-electron chi connectivity index (χ3n) is 3.52. The quantitative estimate of drug-likeness (QED) is 0.838. The number of nitrogens with two attached hydrogens (primary N) is 1. The molecule has 1 unspecified atom stereocenters. The van der Waals surface area contributed by atoms with Gasteiger partial charge in [0.25, 0.3) is 0 Å². The molecular weight excluding hydrogens is 355 g/mol. The van der Waals surface area contributed by atoms with E-state index in [1.54, 1.807) is 23.7 Å². The van der Waals surface area contributed by atoms with E-state index in [0.717, 1.165) is 17.1 Å². The molecule has 23 heavy (non-hydrogen) atoms. The van der Waals surface area contributed by atoms with Crippen molar-refractivity contribution in [3.8, 4) is 0 Å². The maximum atomic E-state index is 12.0. The molecule has 2 heterocycles. The molecule has 0 saturated carbocycles. The normalized spacial score (nSPS) is 11.5. The van der Waals surface area contributed by atoms with Crippen LogP contribution in [-0.4, -0.2) is 45.6 Å². The number of nitrogens with zero attached hydrogens (tertiary/aromatic N) is 3. The van der Waals surface area contributed by atoms with E-state index in [2.05, 4.69) is 18.1 Å². The number of carbonyl (C=O) groups excluding carboxylic acids is 1. The Hall–Kier alpha value is -0.950. The van der Waals surface area contributed by atoms with Crippen LogP contribution in [0, 0.1) is 6.92 Å². The predicted molar refractivity (Wildman–Crippen MR) is 102 cm³/mol. The van der Waals surface area contributed by atoms with Crippen molar-refractivity contribution in [3.05, 3.63) is 35.8 Å². The van der Waals surface area contributed by atoms with E-state index in [4.69, 9.17) is 5.73 Å². The zero-order valence-electron chi connectivity index (χ0n) is 13.6. The highest BCUT2D eigenvalue weighted by atomic mass is 35.5. The highest BCUT2D eigenvalue weighted by Crippen LogP contribution is 2.14. The molecule has 8 heteroatoms. The average molecular weight is 379 g/mol. The fourth-order valence-corrected chi connectivity index (χ4v) is 2.80. The minimum Gasteiger partial charge on any atom is -0.341 e. The van der Waals surface area contributed by atoms with Crippen LogP contribution in [0.3, 0.4) is 0 Å². The van der Waals surface area contributed by atoms with E-state index in [0.29, 0.717) is 12.3 Å². The Bertz CT molecular complexity index is 635. The van der Waals surface area contributed by atoms with Crippen molar-refractivity contribution in [1.82, 2.24) is 14.3 Å². The first kappa shape index (κ1) is 22.1. The first-order valence-corrected chi connectivity index (χ1v) is 8.14. The zero-order valence-corrected chi connectivity index (χ0v) is 16.0. The van der Waals surface area contributed by atoms with E-state index < -0.39 is 0 Å². The van der Waals surface area contributed by atoms with Crippen molar-refractivity contribution in [3.63, 3.8) is 0 Å². The Balaban J connectivity index is 0.00000242. The molecule has 0 aliphatic rings. The third-order valence-corrected chi connectivity index (χ3v) is 4.47. The van der Waals surface area contributed by atoms with Gasteiger partial charge in [0, 0.05) is 37.8 Å². The van der Waals surface area contributed by atoms with Gasteiger partial charge in [0.2, 0.25) is 5.91 Å². The summed E-state index contributed by atoms with van der Waals surface area (Å²) >= 11 is 1.58. The van der Waals surface area contributed by atoms with Gasteiger partial charge < -0.3 is 15.0 Å². The van der Waals surface area contributed by atoms with Crippen LogP contribution in [0.25, 0.3) is 5.65 Å². The minimum absolute atomic E-state index is 0. The van der Waals surface area contributed by atoms with Gasteiger partial charge in [0.15, 0.2) is 0 Å². The van der Waals surface area contributed by atoms with Gasteiger partial charge in [-0.05, 0) is 25.5 Å². The summed E-state index contributed by atoms with van der Waals surface area (Å²) in [5, 5.41) is 0. The number of hydrogen-bond donors (Lipinski definition) is 1. The summed E-state index contributed by atoms with van der Waals surface area (Å²) in [6, 6.07) is 4.13. The Morgan fingerprint density at radius 1 is 1.39 bits per heavy atom. The molecule has 0 aromatic carbocycles. The molecule has 0 bridgehead atoms. The van der Waals surface area contributed by atoms with Crippen LogP contribution in [0.4, 0.5) is 0 Å². The Morgan fingerprint density at radius 2 is 2.09 bits per heavy atom. The lowest BCUT2D eigenvalue weighted by molar-refractivity contribution is -0.128. The fourth-order valence-electron chi connectivity index (χ4n) is 1.97. The molecule has 5 nitrogen and oxygen atoms in total. The number of thioether (sulfide) groups is 1. The van der Waals surface area contributed by atoms with Crippen molar-refractivity contribution in [1.29, 1.82) is 0 Å². The monoisotopic (exact) mass is 378 g/mol. The number of hydrogen-bond acceptors (Lipinski definition) is 4. The Labute approximate surface area is 153 Å². The Kier molecular flexibility index (Phi) is 9.61. The molecule has 2 aromatic heterocycles. The molecule has 1 amide bonds. The summed E-state index contributed by atoms with van der Waals surface area (Å²) in [5.41, 5.74) is 8.71. The number of amides is 1. The highest BCUT2D eigenvalue weighted by Gasteiger charge is 2.14. The van der Waals surface area contributed by atoms with E-state index in [9.17, 15) is 4.79 Å². The number of aromatic nitrogens is 2. The number of halogens is 2. The van der Waals surface area contributed by atoms with Gasteiger partial charge in [-0.15, -0.1) is 36.6 Å². The maximum Gasteiger partial charge on any atom is 0.232 e. The molecule has 1 atom stereocenters. The molecule has 0 spiro atoms. The molecule has 0 radical (unpaired) electrons. The molecule has 2 N–H and O–H groups in total. The van der Waals surface area contributed by atoms with Crippen LogP contribution < -0.4 is 5.73 Å². The number of fused-ring (bicyclic) bond motifs is 1. The van der Waals surface area contributed by atoms with Crippen LogP contribution in [0.15, 0.2) is 24.5 Å². The lowest BCUT2D eigenvalue weighted by Gasteiger charge is -2.23. The summed E-state index contributed by atoms with van der Waals surface area (Å²) in [5.74, 6) is 1.29. The van der Waals surface area contributed by atoms with Gasteiger partial charge in [0.05, 0.1) is 11.4 Å². The summed E-state index contributed by atoms with van der Waals surface area (Å²) in [7, 11) is 1.80. The molecular formula is C15H24Cl2N4OS. The van der Waals surface area contributed by atoms with Crippen molar-refractivity contribution in [2.75, 3.05) is 19.3 Å². The first-order chi connectivity index (χ1) is 10.0. The molecule has 0 aliphatic carbocycles. The van der Waals surface area contributed by atoms with E-state index in [1.165, 1.54) is 5.56 Å². The van der Waals surface area contributed by atoms with Gasteiger partial charge in [-0.1, -0.05) is 6.07 Å². The van der Waals surface area contributed by atoms with Gasteiger partial charge in [0.1, 0.15) is 5.65 Å². The second kappa shape index (κ2) is 10.0. The van der Waals surface area contributed by atoms with Crippen molar-refractivity contribution >= 4 is 48.1 Å². The van der Waals surface area contributed by atoms with E-state index in [-0.39, 0.29) is 36.8 Å². The van der Waals surface area contributed by atoms with Crippen LogP contribution in [-0.2, 0) is 10.5 Å². The summed E-state index contributed by atoms with van der Waals surface area (Å²) in [6.45, 7) is 4.49. The standard InChI is InChI=1S/C15H22N4OS.2ClH/c1-11-4-5-14-17-13(8-19(14)7-11)9-21-10-15(20)18(3)12(2)6-16;;/h4-5,7-8,12H,6,9-10,16H2,1-3H3;2*1H. The lowest BCUT2D eigenvalue weighted by atomic mass is 10.3.